The fraction of sp³-hybridized carbons (Fsp3) is 0.636. The highest BCUT2D eigenvalue weighted by Gasteiger charge is 2.50. The topological polar surface area (TPSA) is 49.6 Å². The molecule has 2 aromatic rings. The van der Waals surface area contributed by atoms with Gasteiger partial charge in [0.1, 0.15) is 5.65 Å². The third-order valence-electron chi connectivity index (χ3n) is 7.27. The van der Waals surface area contributed by atoms with Crippen LogP contribution in [0.15, 0.2) is 24.5 Å². The number of carbonyl (C=O) groups is 1. The fourth-order valence-corrected chi connectivity index (χ4v) is 4.94. The summed E-state index contributed by atoms with van der Waals surface area (Å²) in [7, 11) is 0. The Labute approximate surface area is 161 Å². The van der Waals surface area contributed by atoms with Crippen molar-refractivity contribution in [1.29, 1.82) is 0 Å². The molecule has 2 aromatic heterocycles. The molecular weight excluding hydrogens is 336 g/mol. The lowest BCUT2D eigenvalue weighted by Gasteiger charge is -2.52. The first-order chi connectivity index (χ1) is 12.9. The molecule has 2 saturated carbocycles. The van der Waals surface area contributed by atoms with Crippen LogP contribution in [-0.4, -0.2) is 39.3 Å². The molecule has 5 heteroatoms. The first-order valence-electron chi connectivity index (χ1n) is 10.4. The first-order valence-corrected chi connectivity index (χ1v) is 10.4. The van der Waals surface area contributed by atoms with Crippen molar-refractivity contribution in [3.63, 3.8) is 0 Å². The maximum atomic E-state index is 12.2. The van der Waals surface area contributed by atoms with Gasteiger partial charge < -0.3 is 9.72 Å². The number of carbonyl (C=O) groups excluding carboxylic acids is 1. The maximum absolute atomic E-state index is 12.2. The van der Waals surface area contributed by atoms with Crippen molar-refractivity contribution >= 4 is 11.6 Å². The van der Waals surface area contributed by atoms with Gasteiger partial charge in [0.2, 0.25) is 5.91 Å². The molecule has 0 aromatic carbocycles. The normalized spacial score (nSPS) is 24.1. The van der Waals surface area contributed by atoms with E-state index in [4.69, 9.17) is 0 Å². The number of hydrogen-bond donors (Lipinski definition) is 1. The number of aromatic nitrogens is 2. The Morgan fingerprint density at radius 1 is 1.22 bits per heavy atom. The molecule has 0 radical (unpaired) electrons. The molecule has 27 heavy (non-hydrogen) atoms. The van der Waals surface area contributed by atoms with Crippen LogP contribution in [0.4, 0.5) is 0 Å². The van der Waals surface area contributed by atoms with Crippen LogP contribution in [0, 0.1) is 17.8 Å². The third-order valence-corrected chi connectivity index (χ3v) is 7.27. The average Bonchev–Trinajstić information content (AvgIpc) is 3.27. The fourth-order valence-electron chi connectivity index (χ4n) is 4.94. The SMILES string of the molecule is Cc1ccc2ncc(CN3CCC4(CC3)CC(NC(=O)C3(C)CC3)C4)n2c1. The van der Waals surface area contributed by atoms with Gasteiger partial charge >= 0.3 is 0 Å². The number of hydrogen-bond acceptors (Lipinski definition) is 3. The van der Waals surface area contributed by atoms with E-state index >= 15 is 0 Å². The number of aryl methyl sites for hydroxylation is 1. The zero-order chi connectivity index (χ0) is 18.6. The first kappa shape index (κ1) is 17.2. The van der Waals surface area contributed by atoms with Crippen molar-refractivity contribution in [1.82, 2.24) is 19.6 Å². The highest BCUT2D eigenvalue weighted by molar-refractivity contribution is 5.85. The summed E-state index contributed by atoms with van der Waals surface area (Å²) in [6, 6.07) is 4.63. The van der Waals surface area contributed by atoms with Gasteiger partial charge in [0.05, 0.1) is 11.9 Å². The van der Waals surface area contributed by atoms with Gasteiger partial charge in [-0.05, 0) is 75.6 Å². The smallest absolute Gasteiger partial charge is 0.226 e. The molecular formula is C22H30N4O. The molecule has 2 aliphatic carbocycles. The van der Waals surface area contributed by atoms with Crippen LogP contribution in [0.2, 0.25) is 0 Å². The van der Waals surface area contributed by atoms with E-state index in [0.717, 1.165) is 38.1 Å². The number of nitrogens with zero attached hydrogens (tertiary/aromatic N) is 3. The van der Waals surface area contributed by atoms with Crippen LogP contribution in [0.1, 0.15) is 56.7 Å². The monoisotopic (exact) mass is 366 g/mol. The summed E-state index contributed by atoms with van der Waals surface area (Å²) in [5.41, 5.74) is 4.02. The van der Waals surface area contributed by atoms with Gasteiger partial charge in [-0.3, -0.25) is 9.69 Å². The minimum Gasteiger partial charge on any atom is -0.353 e. The van der Waals surface area contributed by atoms with E-state index in [1.165, 1.54) is 36.9 Å². The van der Waals surface area contributed by atoms with Crippen LogP contribution in [0.3, 0.4) is 0 Å². The molecule has 3 aliphatic rings. The predicted molar refractivity (Wildman–Crippen MR) is 105 cm³/mol. The van der Waals surface area contributed by atoms with Gasteiger partial charge in [0, 0.05) is 24.2 Å². The Balaban J connectivity index is 1.14. The van der Waals surface area contributed by atoms with E-state index in [9.17, 15) is 4.79 Å². The Morgan fingerprint density at radius 2 is 1.96 bits per heavy atom. The van der Waals surface area contributed by atoms with Gasteiger partial charge in [-0.2, -0.15) is 0 Å². The Bertz CT molecular complexity index is 866. The van der Waals surface area contributed by atoms with Crippen LogP contribution < -0.4 is 5.32 Å². The van der Waals surface area contributed by atoms with Crippen molar-refractivity contribution in [3.05, 3.63) is 35.8 Å². The molecule has 0 atom stereocenters. The number of fused-ring (bicyclic) bond motifs is 1. The highest BCUT2D eigenvalue weighted by Crippen LogP contribution is 2.50. The molecule has 3 fully saturated rings. The lowest BCUT2D eigenvalue weighted by Crippen LogP contribution is -2.55. The number of imidazole rings is 1. The quantitative estimate of drug-likeness (QED) is 0.903. The van der Waals surface area contributed by atoms with E-state index in [1.54, 1.807) is 0 Å². The van der Waals surface area contributed by atoms with Gasteiger partial charge in [-0.1, -0.05) is 13.0 Å². The van der Waals surface area contributed by atoms with Gasteiger partial charge in [-0.25, -0.2) is 4.98 Å². The minimum atomic E-state index is -0.0432. The second-order valence-corrected chi connectivity index (χ2v) is 9.60. The molecule has 5 nitrogen and oxygen atoms in total. The minimum absolute atomic E-state index is 0.0432. The summed E-state index contributed by atoms with van der Waals surface area (Å²) >= 11 is 0. The van der Waals surface area contributed by atoms with Crippen LogP contribution in [0.5, 0.6) is 0 Å². The van der Waals surface area contributed by atoms with Crippen LogP contribution >= 0.6 is 0 Å². The zero-order valence-corrected chi connectivity index (χ0v) is 16.5. The average molecular weight is 367 g/mol. The third kappa shape index (κ3) is 3.16. The largest absolute Gasteiger partial charge is 0.353 e. The molecule has 1 N–H and O–H groups in total. The number of piperidine rings is 1. The molecule has 0 unspecified atom stereocenters. The lowest BCUT2D eigenvalue weighted by atomic mass is 9.60. The Kier molecular flexibility index (Phi) is 3.87. The lowest BCUT2D eigenvalue weighted by molar-refractivity contribution is -0.128. The van der Waals surface area contributed by atoms with E-state index in [-0.39, 0.29) is 5.41 Å². The van der Waals surface area contributed by atoms with E-state index < -0.39 is 0 Å². The standard InChI is InChI=1S/C22H30N4O/c1-16-3-4-19-23-13-18(26(19)14-16)15-25-9-7-22(8-10-25)11-17(12-22)24-20(27)21(2)5-6-21/h3-4,13-14,17H,5-12,15H2,1-2H3,(H,24,27). The Hall–Kier alpha value is -1.88. The van der Waals surface area contributed by atoms with Gasteiger partial charge in [0.15, 0.2) is 0 Å². The summed E-state index contributed by atoms with van der Waals surface area (Å²) in [5.74, 6) is 0.294. The zero-order valence-electron chi connectivity index (χ0n) is 16.5. The van der Waals surface area contributed by atoms with Crippen LogP contribution in [0.25, 0.3) is 5.65 Å². The molecule has 1 aliphatic heterocycles. The number of amides is 1. The van der Waals surface area contributed by atoms with Gasteiger partial charge in [-0.15, -0.1) is 0 Å². The Morgan fingerprint density at radius 3 is 2.67 bits per heavy atom. The molecule has 0 bridgehead atoms. The molecule has 5 rings (SSSR count). The van der Waals surface area contributed by atoms with E-state index in [0.29, 0.717) is 17.4 Å². The second kappa shape index (κ2) is 6.06. The molecule has 144 valence electrons. The summed E-state index contributed by atoms with van der Waals surface area (Å²) in [4.78, 5) is 19.3. The van der Waals surface area contributed by atoms with E-state index in [1.807, 2.05) is 6.20 Å². The predicted octanol–water partition coefficient (Wildman–Crippen LogP) is 3.30. The van der Waals surface area contributed by atoms with Crippen molar-refractivity contribution in [3.8, 4) is 0 Å². The number of rotatable bonds is 4. The summed E-state index contributed by atoms with van der Waals surface area (Å²) in [6.07, 6.45) is 11.2. The number of likely N-dealkylation sites (tertiary alicyclic amines) is 1. The highest BCUT2D eigenvalue weighted by atomic mass is 16.2. The van der Waals surface area contributed by atoms with Crippen molar-refractivity contribution in [2.75, 3.05) is 13.1 Å². The van der Waals surface area contributed by atoms with E-state index in [2.05, 4.69) is 51.8 Å². The van der Waals surface area contributed by atoms with Crippen molar-refractivity contribution in [2.45, 2.75) is 65.0 Å². The number of nitrogens with one attached hydrogen (secondary N) is 1. The maximum Gasteiger partial charge on any atom is 0.226 e. The molecule has 1 spiro atoms. The summed E-state index contributed by atoms with van der Waals surface area (Å²) in [5, 5.41) is 3.30. The van der Waals surface area contributed by atoms with Gasteiger partial charge in [0.25, 0.3) is 0 Å². The number of pyridine rings is 1. The summed E-state index contributed by atoms with van der Waals surface area (Å²) in [6.45, 7) is 7.49. The van der Waals surface area contributed by atoms with Crippen molar-refractivity contribution in [2.24, 2.45) is 10.8 Å². The van der Waals surface area contributed by atoms with Crippen molar-refractivity contribution < 1.29 is 4.79 Å². The molecule has 1 saturated heterocycles. The molecule has 3 heterocycles. The van der Waals surface area contributed by atoms with Crippen LogP contribution in [-0.2, 0) is 11.3 Å². The summed E-state index contributed by atoms with van der Waals surface area (Å²) < 4.78 is 2.23. The second-order valence-electron chi connectivity index (χ2n) is 9.60. The molecule has 1 amide bonds.